The lowest BCUT2D eigenvalue weighted by Crippen LogP contribution is -2.39. The SMILES string of the molecule is CCc1noc(C)c1C(=O)N1CCCCC1c1ccccc1C. The fourth-order valence-electron chi connectivity index (χ4n) is 3.54. The Kier molecular flexibility index (Phi) is 4.51. The predicted octanol–water partition coefficient (Wildman–Crippen LogP) is 4.22. The van der Waals surface area contributed by atoms with Gasteiger partial charge in [-0.3, -0.25) is 4.79 Å². The van der Waals surface area contributed by atoms with Crippen LogP contribution in [0.1, 0.15) is 65.2 Å². The van der Waals surface area contributed by atoms with E-state index in [-0.39, 0.29) is 11.9 Å². The molecule has 0 spiro atoms. The van der Waals surface area contributed by atoms with Crippen molar-refractivity contribution >= 4 is 5.91 Å². The van der Waals surface area contributed by atoms with Crippen molar-refractivity contribution in [1.29, 1.82) is 0 Å². The molecule has 3 rings (SSSR count). The number of nitrogens with zero attached hydrogens (tertiary/aromatic N) is 2. The van der Waals surface area contributed by atoms with E-state index in [1.54, 1.807) is 0 Å². The molecule has 1 unspecified atom stereocenters. The third-order valence-electron chi connectivity index (χ3n) is 4.79. The van der Waals surface area contributed by atoms with Crippen LogP contribution >= 0.6 is 0 Å². The largest absolute Gasteiger partial charge is 0.361 e. The molecule has 4 heteroatoms. The summed E-state index contributed by atoms with van der Waals surface area (Å²) in [5.74, 6) is 0.689. The molecule has 1 saturated heterocycles. The topological polar surface area (TPSA) is 46.3 Å². The van der Waals surface area contributed by atoms with Crippen molar-refractivity contribution in [2.24, 2.45) is 0 Å². The first kappa shape index (κ1) is 15.8. The van der Waals surface area contributed by atoms with Crippen molar-refractivity contribution in [2.45, 2.75) is 52.5 Å². The molecule has 1 atom stereocenters. The molecule has 0 bridgehead atoms. The van der Waals surface area contributed by atoms with Gasteiger partial charge in [-0.1, -0.05) is 36.3 Å². The summed E-state index contributed by atoms with van der Waals surface area (Å²) in [5.41, 5.74) is 3.93. The molecule has 1 aliphatic rings. The van der Waals surface area contributed by atoms with E-state index in [4.69, 9.17) is 4.52 Å². The second kappa shape index (κ2) is 6.57. The van der Waals surface area contributed by atoms with E-state index in [0.29, 0.717) is 17.7 Å². The van der Waals surface area contributed by atoms with Crippen LogP contribution in [-0.4, -0.2) is 22.5 Å². The van der Waals surface area contributed by atoms with Gasteiger partial charge in [0.2, 0.25) is 0 Å². The maximum absolute atomic E-state index is 13.2. The Hall–Kier alpha value is -2.10. The van der Waals surface area contributed by atoms with Gasteiger partial charge in [-0.05, 0) is 50.7 Å². The van der Waals surface area contributed by atoms with Crippen LogP contribution in [0.4, 0.5) is 0 Å². The van der Waals surface area contributed by atoms with E-state index in [1.807, 2.05) is 24.8 Å². The molecule has 1 aromatic carbocycles. The molecule has 2 heterocycles. The van der Waals surface area contributed by atoms with Gasteiger partial charge >= 0.3 is 0 Å². The third kappa shape index (κ3) is 2.90. The van der Waals surface area contributed by atoms with Gasteiger partial charge in [0.05, 0.1) is 11.7 Å². The molecule has 0 saturated carbocycles. The zero-order chi connectivity index (χ0) is 16.4. The Morgan fingerprint density at radius 1 is 1.30 bits per heavy atom. The minimum Gasteiger partial charge on any atom is -0.361 e. The van der Waals surface area contributed by atoms with Gasteiger partial charge in [0.25, 0.3) is 5.91 Å². The van der Waals surface area contributed by atoms with Crippen LogP contribution in [0.25, 0.3) is 0 Å². The smallest absolute Gasteiger partial charge is 0.259 e. The lowest BCUT2D eigenvalue weighted by molar-refractivity contribution is 0.0608. The summed E-state index contributed by atoms with van der Waals surface area (Å²) in [4.78, 5) is 15.2. The van der Waals surface area contributed by atoms with E-state index in [9.17, 15) is 4.79 Å². The van der Waals surface area contributed by atoms with E-state index in [1.165, 1.54) is 11.1 Å². The second-order valence-corrected chi connectivity index (χ2v) is 6.28. The highest BCUT2D eigenvalue weighted by Gasteiger charge is 2.32. The minimum atomic E-state index is 0.0635. The monoisotopic (exact) mass is 312 g/mol. The quantitative estimate of drug-likeness (QED) is 0.852. The molecule has 1 fully saturated rings. The Balaban J connectivity index is 1.97. The summed E-state index contributed by atoms with van der Waals surface area (Å²) < 4.78 is 5.27. The molecular formula is C19H24N2O2. The van der Waals surface area contributed by atoms with Gasteiger partial charge in [0, 0.05) is 6.54 Å². The highest BCUT2D eigenvalue weighted by atomic mass is 16.5. The lowest BCUT2D eigenvalue weighted by atomic mass is 9.91. The van der Waals surface area contributed by atoms with Gasteiger partial charge in [0.1, 0.15) is 11.3 Å². The van der Waals surface area contributed by atoms with Crippen LogP contribution < -0.4 is 0 Å². The standard InChI is InChI=1S/C19H24N2O2/c1-4-16-18(14(3)23-20-16)19(22)21-12-8-7-11-17(21)15-10-6-5-9-13(15)2/h5-6,9-10,17H,4,7-8,11-12H2,1-3H3. The first-order valence-electron chi connectivity index (χ1n) is 8.45. The number of aromatic nitrogens is 1. The highest BCUT2D eigenvalue weighted by molar-refractivity contribution is 5.96. The first-order valence-corrected chi connectivity index (χ1v) is 8.45. The second-order valence-electron chi connectivity index (χ2n) is 6.28. The lowest BCUT2D eigenvalue weighted by Gasteiger charge is -2.37. The normalized spacial score (nSPS) is 18.2. The van der Waals surface area contributed by atoms with Crippen LogP contribution in [0.5, 0.6) is 0 Å². The van der Waals surface area contributed by atoms with Crippen LogP contribution in [0.15, 0.2) is 28.8 Å². The fourth-order valence-corrected chi connectivity index (χ4v) is 3.54. The first-order chi connectivity index (χ1) is 11.1. The molecule has 4 nitrogen and oxygen atoms in total. The average Bonchev–Trinajstić information content (AvgIpc) is 2.95. The highest BCUT2D eigenvalue weighted by Crippen LogP contribution is 2.34. The molecule has 1 aromatic heterocycles. The van der Waals surface area contributed by atoms with E-state index in [0.717, 1.165) is 31.5 Å². The number of amides is 1. The molecule has 0 N–H and O–H groups in total. The fraction of sp³-hybridized carbons (Fsp3) is 0.474. The summed E-state index contributed by atoms with van der Waals surface area (Å²) in [6.07, 6.45) is 3.94. The summed E-state index contributed by atoms with van der Waals surface area (Å²) in [6, 6.07) is 8.52. The van der Waals surface area contributed by atoms with Gasteiger partial charge in [-0.2, -0.15) is 0 Å². The average molecular weight is 312 g/mol. The van der Waals surface area contributed by atoms with E-state index < -0.39 is 0 Å². The van der Waals surface area contributed by atoms with Gasteiger partial charge in [0.15, 0.2) is 0 Å². The molecule has 0 aliphatic carbocycles. The van der Waals surface area contributed by atoms with Crippen molar-refractivity contribution in [3.05, 3.63) is 52.4 Å². The van der Waals surface area contributed by atoms with Gasteiger partial charge < -0.3 is 9.42 Å². The minimum absolute atomic E-state index is 0.0635. The van der Waals surface area contributed by atoms with Crippen molar-refractivity contribution in [1.82, 2.24) is 10.1 Å². The van der Waals surface area contributed by atoms with E-state index >= 15 is 0 Å². The molecule has 2 aromatic rings. The summed E-state index contributed by atoms with van der Waals surface area (Å²) in [7, 11) is 0. The molecular weight excluding hydrogens is 288 g/mol. The number of hydrogen-bond donors (Lipinski definition) is 0. The zero-order valence-electron chi connectivity index (χ0n) is 14.1. The summed E-state index contributed by atoms with van der Waals surface area (Å²) >= 11 is 0. The van der Waals surface area contributed by atoms with Crippen molar-refractivity contribution in [2.75, 3.05) is 6.54 Å². The van der Waals surface area contributed by atoms with Crippen molar-refractivity contribution in [3.8, 4) is 0 Å². The van der Waals surface area contributed by atoms with Gasteiger partial charge in [-0.25, -0.2) is 0 Å². The Morgan fingerprint density at radius 2 is 2.09 bits per heavy atom. The van der Waals surface area contributed by atoms with Crippen LogP contribution in [0, 0.1) is 13.8 Å². The number of likely N-dealkylation sites (tertiary alicyclic amines) is 1. The van der Waals surface area contributed by atoms with Crippen molar-refractivity contribution in [3.63, 3.8) is 0 Å². The summed E-state index contributed by atoms with van der Waals surface area (Å²) in [6.45, 7) is 6.75. The Bertz CT molecular complexity index is 705. The van der Waals surface area contributed by atoms with Crippen LogP contribution in [0.3, 0.4) is 0 Å². The molecule has 1 aliphatic heterocycles. The number of carbonyl (C=O) groups is 1. The molecule has 0 radical (unpaired) electrons. The number of benzene rings is 1. The number of hydrogen-bond acceptors (Lipinski definition) is 3. The maximum atomic E-state index is 13.2. The summed E-state index contributed by atoms with van der Waals surface area (Å²) in [5, 5.41) is 4.04. The van der Waals surface area contributed by atoms with Crippen LogP contribution in [0.2, 0.25) is 0 Å². The third-order valence-corrected chi connectivity index (χ3v) is 4.79. The van der Waals surface area contributed by atoms with Crippen molar-refractivity contribution < 1.29 is 9.32 Å². The number of carbonyl (C=O) groups excluding carboxylic acids is 1. The predicted molar refractivity (Wildman–Crippen MR) is 89.4 cm³/mol. The van der Waals surface area contributed by atoms with E-state index in [2.05, 4.69) is 30.3 Å². The van der Waals surface area contributed by atoms with Crippen LogP contribution in [-0.2, 0) is 6.42 Å². The number of piperidine rings is 1. The van der Waals surface area contributed by atoms with Gasteiger partial charge in [-0.15, -0.1) is 0 Å². The molecule has 23 heavy (non-hydrogen) atoms. The zero-order valence-corrected chi connectivity index (χ0v) is 14.1. The Labute approximate surface area is 137 Å². The maximum Gasteiger partial charge on any atom is 0.259 e. The molecule has 1 amide bonds. The number of aryl methyl sites for hydroxylation is 3. The molecule has 122 valence electrons. The number of rotatable bonds is 3. The Morgan fingerprint density at radius 3 is 2.83 bits per heavy atom.